The molecule has 6 nitrogen and oxygen atoms in total. The van der Waals surface area contributed by atoms with Gasteiger partial charge in [-0.25, -0.2) is 13.7 Å². The molecule has 3 rings (SSSR count). The molecule has 1 N–H and O–H groups in total. The minimum absolute atomic E-state index is 0.00939. The Hall–Kier alpha value is -2.93. The molecular weight excluding hydrogens is 349 g/mol. The number of nitrogens with one attached hydrogen (secondary N) is 1. The molecule has 0 unspecified atom stereocenters. The van der Waals surface area contributed by atoms with Gasteiger partial charge in [-0.05, 0) is 31.2 Å². The molecule has 0 spiro atoms. The lowest BCUT2D eigenvalue weighted by Gasteiger charge is -2.08. The summed E-state index contributed by atoms with van der Waals surface area (Å²) in [6, 6.07) is 7.12. The third kappa shape index (κ3) is 3.32. The van der Waals surface area contributed by atoms with Crippen molar-refractivity contribution < 1.29 is 18.7 Å². The summed E-state index contributed by atoms with van der Waals surface area (Å²) in [5.41, 5.74) is 0.837. The molecule has 0 aliphatic heterocycles. The van der Waals surface area contributed by atoms with Crippen LogP contribution in [0.3, 0.4) is 0 Å². The van der Waals surface area contributed by atoms with Gasteiger partial charge in [0, 0.05) is 11.9 Å². The van der Waals surface area contributed by atoms with Gasteiger partial charge in [-0.3, -0.25) is 4.79 Å². The number of carbonyl (C=O) groups excluding carboxylic acids is 2. The molecule has 0 aliphatic rings. The number of fused-ring (bicyclic) bond motifs is 1. The van der Waals surface area contributed by atoms with E-state index >= 15 is 0 Å². The van der Waals surface area contributed by atoms with E-state index in [-0.39, 0.29) is 22.8 Å². The summed E-state index contributed by atoms with van der Waals surface area (Å²) < 4.78 is 20.3. The molecule has 8 heteroatoms. The van der Waals surface area contributed by atoms with Gasteiger partial charge in [0.25, 0.3) is 5.91 Å². The summed E-state index contributed by atoms with van der Waals surface area (Å²) in [4.78, 5) is 24.2. The molecule has 1 aromatic carbocycles. The third-order valence-electron chi connectivity index (χ3n) is 3.46. The molecule has 0 saturated heterocycles. The largest absolute Gasteiger partial charge is 0.462 e. The van der Waals surface area contributed by atoms with Gasteiger partial charge in [0.05, 0.1) is 28.9 Å². The number of rotatable bonds is 4. The molecule has 3 aromatic rings. The van der Waals surface area contributed by atoms with Gasteiger partial charge >= 0.3 is 5.97 Å². The summed E-state index contributed by atoms with van der Waals surface area (Å²) in [5, 5.41) is 6.62. The second kappa shape index (κ2) is 6.90. The minimum atomic E-state index is -0.720. The smallest absolute Gasteiger partial charge is 0.341 e. The summed E-state index contributed by atoms with van der Waals surface area (Å²) in [7, 11) is 0. The molecule has 0 saturated carbocycles. The van der Waals surface area contributed by atoms with Crippen molar-refractivity contribution in [2.45, 2.75) is 6.92 Å². The topological polar surface area (TPSA) is 72.7 Å². The first kappa shape index (κ1) is 16.9. The van der Waals surface area contributed by atoms with Gasteiger partial charge in [0.15, 0.2) is 0 Å². The van der Waals surface area contributed by atoms with Gasteiger partial charge in [0.2, 0.25) is 0 Å². The van der Waals surface area contributed by atoms with Crippen molar-refractivity contribution >= 4 is 34.7 Å². The zero-order valence-corrected chi connectivity index (χ0v) is 13.9. The molecule has 2 aromatic heterocycles. The number of hydrogen-bond donors (Lipinski definition) is 1. The maximum atomic E-state index is 13.8. The lowest BCUT2D eigenvalue weighted by atomic mass is 10.2. The molecule has 0 bridgehead atoms. The molecule has 0 radical (unpaired) electrons. The Labute approximate surface area is 147 Å². The van der Waals surface area contributed by atoms with E-state index in [0.29, 0.717) is 11.2 Å². The van der Waals surface area contributed by atoms with Crippen LogP contribution < -0.4 is 5.32 Å². The average molecular weight is 362 g/mol. The van der Waals surface area contributed by atoms with Crippen LogP contribution in [-0.2, 0) is 4.74 Å². The predicted molar refractivity (Wildman–Crippen MR) is 90.5 cm³/mol. The van der Waals surface area contributed by atoms with E-state index in [4.69, 9.17) is 16.3 Å². The Kier molecular flexibility index (Phi) is 4.67. The second-order valence-corrected chi connectivity index (χ2v) is 5.48. The highest BCUT2D eigenvalue weighted by Crippen LogP contribution is 2.22. The Balaban J connectivity index is 1.93. The summed E-state index contributed by atoms with van der Waals surface area (Å²) in [5.74, 6) is -1.93. The number of ether oxygens (including phenoxy) is 1. The van der Waals surface area contributed by atoms with Crippen LogP contribution in [0, 0.1) is 5.82 Å². The highest BCUT2D eigenvalue weighted by Gasteiger charge is 2.18. The fourth-order valence-electron chi connectivity index (χ4n) is 2.33. The Morgan fingerprint density at radius 3 is 2.88 bits per heavy atom. The zero-order valence-electron chi connectivity index (χ0n) is 13.1. The molecule has 0 atom stereocenters. The van der Waals surface area contributed by atoms with Gasteiger partial charge < -0.3 is 10.1 Å². The van der Waals surface area contributed by atoms with E-state index in [1.165, 1.54) is 22.8 Å². The lowest BCUT2D eigenvalue weighted by molar-refractivity contribution is 0.0528. The highest BCUT2D eigenvalue weighted by molar-refractivity contribution is 6.34. The first-order chi connectivity index (χ1) is 12.0. The van der Waals surface area contributed by atoms with Crippen LogP contribution in [0.5, 0.6) is 0 Å². The maximum absolute atomic E-state index is 13.8. The Morgan fingerprint density at radius 2 is 2.16 bits per heavy atom. The predicted octanol–water partition coefficient (Wildman–Crippen LogP) is 3.56. The maximum Gasteiger partial charge on any atom is 0.341 e. The number of carbonyl (C=O) groups is 2. The van der Waals surface area contributed by atoms with E-state index in [2.05, 4.69) is 10.4 Å². The minimum Gasteiger partial charge on any atom is -0.462 e. The SMILES string of the molecule is CCOC(=O)c1cnn2ccc(NC(=O)c3c(F)cccc3Cl)cc12. The molecule has 1 amide bonds. The number of nitrogens with zero attached hydrogens (tertiary/aromatic N) is 2. The number of hydrogen-bond acceptors (Lipinski definition) is 4. The number of anilines is 1. The van der Waals surface area contributed by atoms with E-state index in [9.17, 15) is 14.0 Å². The van der Waals surface area contributed by atoms with E-state index in [1.54, 1.807) is 25.3 Å². The summed E-state index contributed by atoms with van der Waals surface area (Å²) in [6.45, 7) is 1.94. The molecule has 128 valence electrons. The van der Waals surface area contributed by atoms with Gasteiger partial charge in [-0.2, -0.15) is 5.10 Å². The highest BCUT2D eigenvalue weighted by atomic mass is 35.5. The fraction of sp³-hybridized carbons (Fsp3) is 0.118. The van der Waals surface area contributed by atoms with Gasteiger partial charge in [-0.1, -0.05) is 17.7 Å². The molecule has 2 heterocycles. The first-order valence-corrected chi connectivity index (χ1v) is 7.79. The lowest BCUT2D eigenvalue weighted by Crippen LogP contribution is -2.14. The fourth-order valence-corrected chi connectivity index (χ4v) is 2.58. The van der Waals surface area contributed by atoms with Crippen molar-refractivity contribution in [2.75, 3.05) is 11.9 Å². The van der Waals surface area contributed by atoms with Crippen LogP contribution in [0.2, 0.25) is 5.02 Å². The molecule has 25 heavy (non-hydrogen) atoms. The number of halogens is 2. The quantitative estimate of drug-likeness (QED) is 0.721. The Bertz CT molecular complexity index is 951. The average Bonchev–Trinajstić information content (AvgIpc) is 2.98. The van der Waals surface area contributed by atoms with Crippen molar-refractivity contribution in [1.29, 1.82) is 0 Å². The van der Waals surface area contributed by atoms with Crippen LogP contribution in [0.15, 0.2) is 42.7 Å². The second-order valence-electron chi connectivity index (χ2n) is 5.07. The third-order valence-corrected chi connectivity index (χ3v) is 3.78. The normalized spacial score (nSPS) is 10.7. The molecular formula is C17H13ClFN3O3. The van der Waals surface area contributed by atoms with Crippen LogP contribution in [0.4, 0.5) is 10.1 Å². The standard InChI is InChI=1S/C17H13ClFN3O3/c1-2-25-17(24)11-9-20-22-7-6-10(8-14(11)22)21-16(23)15-12(18)4-3-5-13(15)19/h3-9H,2H2,1H3,(H,21,23). The number of pyridine rings is 1. The van der Waals surface area contributed by atoms with E-state index < -0.39 is 17.7 Å². The van der Waals surface area contributed by atoms with Crippen molar-refractivity contribution in [3.63, 3.8) is 0 Å². The summed E-state index contributed by atoms with van der Waals surface area (Å²) >= 11 is 5.89. The van der Waals surface area contributed by atoms with Crippen molar-refractivity contribution in [3.05, 3.63) is 64.7 Å². The number of benzene rings is 1. The van der Waals surface area contributed by atoms with Crippen molar-refractivity contribution in [3.8, 4) is 0 Å². The Morgan fingerprint density at radius 1 is 1.36 bits per heavy atom. The number of esters is 1. The van der Waals surface area contributed by atoms with Gasteiger partial charge in [-0.15, -0.1) is 0 Å². The van der Waals surface area contributed by atoms with Crippen molar-refractivity contribution in [2.24, 2.45) is 0 Å². The van der Waals surface area contributed by atoms with Crippen LogP contribution in [0.1, 0.15) is 27.6 Å². The van der Waals surface area contributed by atoms with E-state index in [1.807, 2.05) is 0 Å². The summed E-state index contributed by atoms with van der Waals surface area (Å²) in [6.07, 6.45) is 2.95. The zero-order chi connectivity index (χ0) is 18.0. The van der Waals surface area contributed by atoms with Crippen LogP contribution in [-0.4, -0.2) is 28.1 Å². The number of amides is 1. The van der Waals surface area contributed by atoms with Crippen molar-refractivity contribution in [1.82, 2.24) is 9.61 Å². The number of aromatic nitrogens is 2. The van der Waals surface area contributed by atoms with E-state index in [0.717, 1.165) is 6.07 Å². The van der Waals surface area contributed by atoms with Gasteiger partial charge in [0.1, 0.15) is 11.4 Å². The molecule has 0 fully saturated rings. The first-order valence-electron chi connectivity index (χ1n) is 7.41. The van der Waals surface area contributed by atoms with Crippen LogP contribution >= 0.6 is 11.6 Å². The van der Waals surface area contributed by atoms with Crippen LogP contribution in [0.25, 0.3) is 5.52 Å². The molecule has 0 aliphatic carbocycles. The monoisotopic (exact) mass is 361 g/mol.